The second kappa shape index (κ2) is 14.7. The number of hydrogen-bond donors (Lipinski definition) is 0. The molecule has 5 nitrogen and oxygen atoms in total. The van der Waals surface area contributed by atoms with Gasteiger partial charge in [-0.3, -0.25) is 9.97 Å². The number of ether oxygens (including phenoxy) is 2. The van der Waals surface area contributed by atoms with E-state index in [1.165, 1.54) is 30.8 Å². The van der Waals surface area contributed by atoms with Crippen LogP contribution in [0.2, 0.25) is 0 Å². The van der Waals surface area contributed by atoms with Crippen LogP contribution in [0.25, 0.3) is 27.8 Å². The van der Waals surface area contributed by atoms with Crippen LogP contribution in [0.3, 0.4) is 0 Å². The fourth-order valence-electron chi connectivity index (χ4n) is 4.59. The highest BCUT2D eigenvalue weighted by Crippen LogP contribution is 2.31. The molecule has 0 aliphatic rings. The van der Waals surface area contributed by atoms with Crippen LogP contribution >= 0.6 is 11.8 Å². The van der Waals surface area contributed by atoms with E-state index in [4.69, 9.17) is 4.74 Å². The van der Waals surface area contributed by atoms with Gasteiger partial charge in [0, 0.05) is 35.4 Å². The summed E-state index contributed by atoms with van der Waals surface area (Å²) in [6.45, 7) is 1.26. The third-order valence-corrected chi connectivity index (χ3v) is 7.73. The molecule has 45 heavy (non-hydrogen) atoms. The van der Waals surface area contributed by atoms with Crippen molar-refractivity contribution in [3.63, 3.8) is 0 Å². The topological polar surface area (TPSA) is 61.3 Å². The molecule has 0 amide bonds. The van der Waals surface area contributed by atoms with Crippen molar-refractivity contribution in [3.05, 3.63) is 139 Å². The van der Waals surface area contributed by atoms with Gasteiger partial charge in [-0.05, 0) is 82.3 Å². The third kappa shape index (κ3) is 8.39. The first kappa shape index (κ1) is 31.5. The summed E-state index contributed by atoms with van der Waals surface area (Å²) in [5.41, 5.74) is 7.30. The molecule has 0 bridgehead atoms. The molecule has 0 N–H and O–H groups in total. The van der Waals surface area contributed by atoms with E-state index in [0.29, 0.717) is 5.75 Å². The highest BCUT2D eigenvalue weighted by atomic mass is 32.2. The van der Waals surface area contributed by atoms with Crippen molar-refractivity contribution in [1.29, 1.82) is 0 Å². The van der Waals surface area contributed by atoms with Gasteiger partial charge in [-0.25, -0.2) is 4.79 Å². The van der Waals surface area contributed by atoms with Crippen LogP contribution in [0, 0.1) is 0 Å². The van der Waals surface area contributed by atoms with Gasteiger partial charge in [0.15, 0.2) is 0 Å². The van der Waals surface area contributed by atoms with Crippen molar-refractivity contribution in [3.8, 4) is 28.0 Å². The van der Waals surface area contributed by atoms with Gasteiger partial charge in [0.1, 0.15) is 5.75 Å². The van der Waals surface area contributed by atoms with E-state index < -0.39 is 18.2 Å². The van der Waals surface area contributed by atoms with E-state index in [-0.39, 0.29) is 12.4 Å². The number of alkyl halides is 3. The highest BCUT2D eigenvalue weighted by Gasteiger charge is 2.48. The Kier molecular flexibility index (Phi) is 10.3. The van der Waals surface area contributed by atoms with Crippen molar-refractivity contribution >= 4 is 23.3 Å². The highest BCUT2D eigenvalue weighted by molar-refractivity contribution is 7.99. The first-order valence-electron chi connectivity index (χ1n) is 14.2. The molecule has 0 radical (unpaired) electrons. The molecule has 1 atom stereocenters. The van der Waals surface area contributed by atoms with Gasteiger partial charge in [-0.1, -0.05) is 66.7 Å². The molecule has 0 aliphatic heterocycles. The Morgan fingerprint density at radius 3 is 1.76 bits per heavy atom. The molecule has 3 aromatic carbocycles. The van der Waals surface area contributed by atoms with Crippen LogP contribution in [0.15, 0.2) is 133 Å². The van der Waals surface area contributed by atoms with Crippen molar-refractivity contribution in [2.24, 2.45) is 0 Å². The first-order valence-corrected chi connectivity index (χ1v) is 15.1. The number of nitrogens with zero attached hydrogens (tertiary/aromatic N) is 2. The van der Waals surface area contributed by atoms with E-state index in [0.717, 1.165) is 43.8 Å². The van der Waals surface area contributed by atoms with E-state index in [2.05, 4.69) is 69.3 Å². The molecule has 9 heteroatoms. The lowest BCUT2D eigenvalue weighted by atomic mass is 9.94. The maximum Gasteiger partial charge on any atom is 0.436 e. The number of rotatable bonds is 11. The van der Waals surface area contributed by atoms with Crippen molar-refractivity contribution < 1.29 is 27.4 Å². The van der Waals surface area contributed by atoms with Gasteiger partial charge in [-0.2, -0.15) is 13.2 Å². The summed E-state index contributed by atoms with van der Waals surface area (Å²) in [6, 6.07) is 30.6. The Labute approximate surface area is 263 Å². The lowest BCUT2D eigenvalue weighted by Gasteiger charge is -2.20. The summed E-state index contributed by atoms with van der Waals surface area (Å²) in [5.74, 6) is -0.949. The van der Waals surface area contributed by atoms with E-state index in [1.807, 2.05) is 36.7 Å². The average molecular weight is 627 g/mol. The fourth-order valence-corrected chi connectivity index (χ4v) is 5.36. The minimum atomic E-state index is -4.90. The Hall–Kier alpha value is -4.89. The Bertz CT molecular complexity index is 1630. The van der Waals surface area contributed by atoms with Crippen molar-refractivity contribution in [1.82, 2.24) is 9.97 Å². The van der Waals surface area contributed by atoms with Gasteiger partial charge in [-0.15, -0.1) is 11.8 Å². The van der Waals surface area contributed by atoms with Crippen LogP contribution in [0.4, 0.5) is 13.2 Å². The van der Waals surface area contributed by atoms with Crippen LogP contribution in [-0.4, -0.2) is 40.6 Å². The van der Waals surface area contributed by atoms with Gasteiger partial charge in [0.05, 0.1) is 6.61 Å². The van der Waals surface area contributed by atoms with Gasteiger partial charge in [0.25, 0.3) is 6.10 Å². The smallest absolute Gasteiger partial charge is 0.436 e. The number of pyridine rings is 2. The number of carbonyl (C=O) groups excluding carboxylic acids is 1. The van der Waals surface area contributed by atoms with Crippen LogP contribution in [0.5, 0.6) is 5.75 Å². The SMILES string of the molecule is CCOC(=O)C(Oc1ccc(SCC=C(c2ccc(-c3cccnc3)cc2)c2ccc(-c3cccnc3)cc2)cc1)C(F)(F)F. The number of carbonyl (C=O) groups is 1. The molecule has 1 unspecified atom stereocenters. The van der Waals surface area contributed by atoms with E-state index in [1.54, 1.807) is 24.5 Å². The zero-order valence-electron chi connectivity index (χ0n) is 24.3. The van der Waals surface area contributed by atoms with Gasteiger partial charge >= 0.3 is 12.1 Å². The normalized spacial score (nSPS) is 11.8. The van der Waals surface area contributed by atoms with E-state index in [9.17, 15) is 18.0 Å². The predicted molar refractivity (Wildman–Crippen MR) is 171 cm³/mol. The number of esters is 1. The van der Waals surface area contributed by atoms with Crippen LogP contribution in [-0.2, 0) is 9.53 Å². The molecule has 0 saturated heterocycles. The number of hydrogen-bond acceptors (Lipinski definition) is 6. The molecule has 0 fully saturated rings. The first-order chi connectivity index (χ1) is 21.8. The molecular weight excluding hydrogens is 597 g/mol. The molecule has 0 aliphatic carbocycles. The standard InChI is InChI=1S/C36H29F3N2O3S/c1-2-43-35(42)34(36(37,38)39)44-31-15-17-32(18-16-31)45-22-19-33(27-11-7-25(8-12-27)29-5-3-20-40-23-29)28-13-9-26(10-14-28)30-6-4-21-41-24-30/h3-21,23-24,34H,2,22H2,1H3. The number of benzene rings is 3. The zero-order valence-corrected chi connectivity index (χ0v) is 25.1. The number of thioether (sulfide) groups is 1. The number of aromatic nitrogens is 2. The fraction of sp³-hybridized carbons (Fsp3) is 0.139. The van der Waals surface area contributed by atoms with Crippen LogP contribution < -0.4 is 4.74 Å². The largest absolute Gasteiger partial charge is 0.469 e. The predicted octanol–water partition coefficient (Wildman–Crippen LogP) is 8.91. The maximum absolute atomic E-state index is 13.4. The molecule has 5 rings (SSSR count). The average Bonchev–Trinajstić information content (AvgIpc) is 3.07. The molecular formula is C36H29F3N2O3S. The third-order valence-electron chi connectivity index (χ3n) is 6.79. The molecule has 2 heterocycles. The monoisotopic (exact) mass is 626 g/mol. The zero-order chi connectivity index (χ0) is 31.6. The van der Waals surface area contributed by atoms with Crippen molar-refractivity contribution in [2.75, 3.05) is 12.4 Å². The number of halogens is 3. The summed E-state index contributed by atoms with van der Waals surface area (Å²) in [5, 5.41) is 0. The molecule has 0 saturated carbocycles. The molecule has 2 aromatic heterocycles. The molecule has 0 spiro atoms. The minimum absolute atomic E-state index is 0.0756. The summed E-state index contributed by atoms with van der Waals surface area (Å²) in [7, 11) is 0. The lowest BCUT2D eigenvalue weighted by molar-refractivity contribution is -0.211. The molecule has 5 aromatic rings. The second-order valence-electron chi connectivity index (χ2n) is 9.83. The summed E-state index contributed by atoms with van der Waals surface area (Å²) >= 11 is 1.52. The summed E-state index contributed by atoms with van der Waals surface area (Å²) < 4.78 is 49.6. The molecule has 228 valence electrons. The van der Waals surface area contributed by atoms with Crippen molar-refractivity contribution in [2.45, 2.75) is 24.1 Å². The van der Waals surface area contributed by atoms with E-state index >= 15 is 0 Å². The summed E-state index contributed by atoms with van der Waals surface area (Å²) in [6.07, 6.45) is 1.70. The van der Waals surface area contributed by atoms with Gasteiger partial charge in [0.2, 0.25) is 0 Å². The minimum Gasteiger partial charge on any atom is -0.469 e. The Morgan fingerprint density at radius 2 is 1.31 bits per heavy atom. The van der Waals surface area contributed by atoms with Gasteiger partial charge < -0.3 is 9.47 Å². The quantitative estimate of drug-likeness (QED) is 0.108. The van der Waals surface area contributed by atoms with Crippen LogP contribution in [0.1, 0.15) is 18.1 Å². The maximum atomic E-state index is 13.4. The second-order valence-corrected chi connectivity index (χ2v) is 10.9. The lowest BCUT2D eigenvalue weighted by Crippen LogP contribution is -2.42. The summed E-state index contributed by atoms with van der Waals surface area (Å²) in [4.78, 5) is 21.1. The Balaban J connectivity index is 1.35. The Morgan fingerprint density at radius 1 is 0.778 bits per heavy atom.